The van der Waals surface area contributed by atoms with E-state index in [9.17, 15) is 23.3 Å². The second kappa shape index (κ2) is 5.90. The van der Waals surface area contributed by atoms with Crippen molar-refractivity contribution in [2.24, 2.45) is 7.05 Å². The van der Waals surface area contributed by atoms with Crippen molar-refractivity contribution >= 4 is 11.5 Å². The molecule has 2 rings (SSSR count). The quantitative estimate of drug-likeness (QED) is 0.684. The third-order valence-corrected chi connectivity index (χ3v) is 3.46. The van der Waals surface area contributed by atoms with E-state index in [4.69, 9.17) is 0 Å². The van der Waals surface area contributed by atoms with Crippen molar-refractivity contribution in [2.75, 3.05) is 5.32 Å². The van der Waals surface area contributed by atoms with Crippen LogP contribution in [0.25, 0.3) is 0 Å². The fourth-order valence-electron chi connectivity index (χ4n) is 2.28. The highest BCUT2D eigenvalue weighted by Gasteiger charge is 2.30. The number of aryl methyl sites for hydroxylation is 2. The summed E-state index contributed by atoms with van der Waals surface area (Å²) in [4.78, 5) is 10.6. The minimum Gasteiger partial charge on any atom is -0.358 e. The predicted molar refractivity (Wildman–Crippen MR) is 78.1 cm³/mol. The molecule has 1 N–H and O–H groups in total. The Bertz CT molecular complexity index is 723. The lowest BCUT2D eigenvalue weighted by Gasteiger charge is -2.16. The first-order valence-corrected chi connectivity index (χ1v) is 6.73. The zero-order chi connectivity index (χ0) is 17.4. The lowest BCUT2D eigenvalue weighted by molar-refractivity contribution is -0.384. The van der Waals surface area contributed by atoms with Gasteiger partial charge in [-0.1, -0.05) is 12.1 Å². The average Bonchev–Trinajstić information content (AvgIpc) is 2.72. The highest BCUT2D eigenvalue weighted by atomic mass is 19.4. The Balaban J connectivity index is 2.26. The van der Waals surface area contributed by atoms with Crippen LogP contribution in [0.2, 0.25) is 0 Å². The van der Waals surface area contributed by atoms with Crippen molar-refractivity contribution in [3.63, 3.8) is 0 Å². The molecular weight excluding hydrogens is 313 g/mol. The average molecular weight is 328 g/mol. The standard InChI is InChI=1S/C14H15F3N4O2/c1-8(10-4-6-11(7-5-10)14(15,16)17)18-13-12(21(22)23)9(2)19-20(13)3/h4-8,18H,1-3H3/t8-/m0/s1. The molecule has 0 aliphatic carbocycles. The highest BCUT2D eigenvalue weighted by Crippen LogP contribution is 2.32. The molecule has 6 nitrogen and oxygen atoms in total. The van der Waals surface area contributed by atoms with E-state index in [1.54, 1.807) is 14.0 Å². The minimum absolute atomic E-state index is 0.147. The van der Waals surface area contributed by atoms with E-state index in [-0.39, 0.29) is 17.2 Å². The SMILES string of the molecule is Cc1nn(C)c(N[C@@H](C)c2ccc(C(F)(F)F)cc2)c1[N+](=O)[O-]. The van der Waals surface area contributed by atoms with E-state index >= 15 is 0 Å². The van der Waals surface area contributed by atoms with Gasteiger partial charge in [0.1, 0.15) is 5.69 Å². The lowest BCUT2D eigenvalue weighted by Crippen LogP contribution is -2.12. The van der Waals surface area contributed by atoms with Gasteiger partial charge in [0.15, 0.2) is 0 Å². The highest BCUT2D eigenvalue weighted by molar-refractivity contribution is 5.60. The number of nitrogens with zero attached hydrogens (tertiary/aromatic N) is 3. The Labute approximate surface area is 130 Å². The monoisotopic (exact) mass is 328 g/mol. The molecule has 2 aromatic rings. The molecule has 1 aromatic carbocycles. The molecule has 0 saturated carbocycles. The van der Waals surface area contributed by atoms with Gasteiger partial charge in [0, 0.05) is 7.05 Å². The maximum atomic E-state index is 12.6. The van der Waals surface area contributed by atoms with E-state index in [0.29, 0.717) is 5.56 Å². The number of rotatable bonds is 4. The van der Waals surface area contributed by atoms with Gasteiger partial charge >= 0.3 is 11.9 Å². The summed E-state index contributed by atoms with van der Waals surface area (Å²) >= 11 is 0. The molecule has 0 aliphatic rings. The number of nitrogens with one attached hydrogen (secondary N) is 1. The molecule has 0 radical (unpaired) electrons. The molecular formula is C14H15F3N4O2. The summed E-state index contributed by atoms with van der Waals surface area (Å²) in [5.74, 6) is 0.208. The van der Waals surface area contributed by atoms with E-state index in [1.165, 1.54) is 23.7 Å². The van der Waals surface area contributed by atoms with Gasteiger partial charge in [-0.25, -0.2) is 4.68 Å². The maximum absolute atomic E-state index is 12.6. The number of alkyl halides is 3. The second-order valence-corrected chi connectivity index (χ2v) is 5.15. The van der Waals surface area contributed by atoms with Crippen LogP contribution in [0.3, 0.4) is 0 Å². The van der Waals surface area contributed by atoms with E-state index in [2.05, 4.69) is 10.4 Å². The fourth-order valence-corrected chi connectivity index (χ4v) is 2.28. The molecule has 1 heterocycles. The number of benzene rings is 1. The fraction of sp³-hybridized carbons (Fsp3) is 0.357. The Kier molecular flexibility index (Phi) is 4.31. The van der Waals surface area contributed by atoms with Gasteiger partial charge < -0.3 is 5.32 Å². The van der Waals surface area contributed by atoms with Crippen molar-refractivity contribution in [3.05, 3.63) is 51.2 Å². The summed E-state index contributed by atoms with van der Waals surface area (Å²) in [5, 5.41) is 18.0. The van der Waals surface area contributed by atoms with Gasteiger partial charge in [0.25, 0.3) is 0 Å². The van der Waals surface area contributed by atoms with Crippen molar-refractivity contribution in [2.45, 2.75) is 26.1 Å². The zero-order valence-corrected chi connectivity index (χ0v) is 12.7. The smallest absolute Gasteiger partial charge is 0.358 e. The summed E-state index contributed by atoms with van der Waals surface area (Å²) in [6.07, 6.45) is -4.40. The molecule has 0 aliphatic heterocycles. The van der Waals surface area contributed by atoms with Gasteiger partial charge in [-0.2, -0.15) is 18.3 Å². The molecule has 1 atom stereocenters. The number of hydrogen-bond donors (Lipinski definition) is 1. The minimum atomic E-state index is -4.40. The number of aromatic nitrogens is 2. The molecule has 0 spiro atoms. The van der Waals surface area contributed by atoms with Gasteiger partial charge in [-0.15, -0.1) is 0 Å². The van der Waals surface area contributed by atoms with E-state index in [1.807, 2.05) is 0 Å². The van der Waals surface area contributed by atoms with Crippen LogP contribution in [0.5, 0.6) is 0 Å². The van der Waals surface area contributed by atoms with Crippen LogP contribution in [0.4, 0.5) is 24.7 Å². The van der Waals surface area contributed by atoms with Crippen LogP contribution in [-0.4, -0.2) is 14.7 Å². The molecule has 0 fully saturated rings. The van der Waals surface area contributed by atoms with E-state index < -0.39 is 22.7 Å². The summed E-state index contributed by atoms with van der Waals surface area (Å²) in [7, 11) is 1.56. The van der Waals surface area contributed by atoms with Crippen LogP contribution in [0, 0.1) is 17.0 Å². The molecule has 1 aromatic heterocycles. The first-order chi connectivity index (χ1) is 10.6. The molecule has 23 heavy (non-hydrogen) atoms. The number of anilines is 1. The molecule has 0 saturated heterocycles. The third-order valence-electron chi connectivity index (χ3n) is 3.46. The molecule has 0 unspecified atom stereocenters. The Morgan fingerprint density at radius 3 is 2.35 bits per heavy atom. The van der Waals surface area contributed by atoms with Crippen LogP contribution < -0.4 is 5.32 Å². The Morgan fingerprint density at radius 2 is 1.87 bits per heavy atom. The molecule has 9 heteroatoms. The van der Waals surface area contributed by atoms with Crippen molar-refractivity contribution in [1.82, 2.24) is 9.78 Å². The van der Waals surface area contributed by atoms with Gasteiger partial charge in [-0.3, -0.25) is 10.1 Å². The van der Waals surface area contributed by atoms with Crippen LogP contribution >= 0.6 is 0 Å². The molecule has 0 amide bonds. The van der Waals surface area contributed by atoms with Gasteiger partial charge in [-0.05, 0) is 31.5 Å². The van der Waals surface area contributed by atoms with Crippen LogP contribution in [-0.2, 0) is 13.2 Å². The Morgan fingerprint density at radius 1 is 1.30 bits per heavy atom. The number of nitro groups is 1. The molecule has 124 valence electrons. The topological polar surface area (TPSA) is 73.0 Å². The van der Waals surface area contributed by atoms with E-state index in [0.717, 1.165) is 12.1 Å². The predicted octanol–water partition coefficient (Wildman–Crippen LogP) is 3.83. The van der Waals surface area contributed by atoms with Gasteiger partial charge in [0.05, 0.1) is 16.5 Å². The second-order valence-electron chi connectivity index (χ2n) is 5.15. The first kappa shape index (κ1) is 16.8. The zero-order valence-electron chi connectivity index (χ0n) is 12.7. The Hall–Kier alpha value is -2.58. The number of hydrogen-bond acceptors (Lipinski definition) is 4. The summed E-state index contributed by atoms with van der Waals surface area (Å²) < 4.78 is 39.0. The van der Waals surface area contributed by atoms with Gasteiger partial charge in [0.2, 0.25) is 5.82 Å². The number of halogens is 3. The summed E-state index contributed by atoms with van der Waals surface area (Å²) in [6.45, 7) is 3.22. The van der Waals surface area contributed by atoms with Crippen molar-refractivity contribution in [1.29, 1.82) is 0 Å². The van der Waals surface area contributed by atoms with Crippen LogP contribution in [0.15, 0.2) is 24.3 Å². The molecule has 0 bridgehead atoms. The summed E-state index contributed by atoms with van der Waals surface area (Å²) in [5.41, 5.74) is -0.0483. The normalized spacial score (nSPS) is 13.0. The maximum Gasteiger partial charge on any atom is 0.416 e. The third kappa shape index (κ3) is 3.43. The van der Waals surface area contributed by atoms with Crippen molar-refractivity contribution in [3.8, 4) is 0 Å². The van der Waals surface area contributed by atoms with Crippen LogP contribution in [0.1, 0.15) is 29.8 Å². The largest absolute Gasteiger partial charge is 0.416 e. The first-order valence-electron chi connectivity index (χ1n) is 6.73. The lowest BCUT2D eigenvalue weighted by atomic mass is 10.1. The summed E-state index contributed by atoms with van der Waals surface area (Å²) in [6, 6.07) is 4.23. The van der Waals surface area contributed by atoms with Crippen molar-refractivity contribution < 1.29 is 18.1 Å².